The zero-order valence-corrected chi connectivity index (χ0v) is 12.7. The molecule has 4 nitrogen and oxygen atoms in total. The molecule has 0 spiro atoms. The van der Waals surface area contributed by atoms with Crippen molar-refractivity contribution in [3.8, 4) is 0 Å². The van der Waals surface area contributed by atoms with Gasteiger partial charge in [-0.05, 0) is 31.9 Å². The fourth-order valence-corrected chi connectivity index (χ4v) is 3.01. The van der Waals surface area contributed by atoms with E-state index in [0.717, 1.165) is 25.3 Å². The van der Waals surface area contributed by atoms with Crippen molar-refractivity contribution >= 4 is 5.69 Å². The van der Waals surface area contributed by atoms with Gasteiger partial charge in [-0.2, -0.15) is 5.10 Å². The molecule has 4 heteroatoms. The Bertz CT molecular complexity index is 549. The first-order valence-electron chi connectivity index (χ1n) is 7.89. The molecule has 0 radical (unpaired) electrons. The van der Waals surface area contributed by atoms with Crippen molar-refractivity contribution in [1.29, 1.82) is 0 Å². The second-order valence-electron chi connectivity index (χ2n) is 5.79. The molecule has 0 aliphatic carbocycles. The average Bonchev–Trinajstić information content (AvgIpc) is 2.96. The number of anilines is 1. The van der Waals surface area contributed by atoms with Gasteiger partial charge in [0, 0.05) is 31.9 Å². The molecule has 1 fully saturated rings. The Kier molecular flexibility index (Phi) is 4.55. The molecule has 1 saturated heterocycles. The van der Waals surface area contributed by atoms with Crippen LogP contribution in [0.15, 0.2) is 42.7 Å². The van der Waals surface area contributed by atoms with E-state index in [2.05, 4.69) is 58.8 Å². The van der Waals surface area contributed by atoms with Crippen LogP contribution in [0.2, 0.25) is 0 Å². The molecule has 0 saturated carbocycles. The number of likely N-dealkylation sites (tertiary alicyclic amines) is 1. The molecule has 1 aromatic carbocycles. The number of benzene rings is 1. The van der Waals surface area contributed by atoms with Gasteiger partial charge >= 0.3 is 0 Å². The Labute approximate surface area is 126 Å². The van der Waals surface area contributed by atoms with Gasteiger partial charge in [0.1, 0.15) is 0 Å². The van der Waals surface area contributed by atoms with Crippen LogP contribution in [0.1, 0.15) is 25.3 Å². The van der Waals surface area contributed by atoms with Gasteiger partial charge in [-0.1, -0.05) is 30.3 Å². The summed E-state index contributed by atoms with van der Waals surface area (Å²) in [7, 11) is 0. The van der Waals surface area contributed by atoms with Crippen molar-refractivity contribution in [2.75, 3.05) is 18.4 Å². The molecular weight excluding hydrogens is 260 g/mol. The summed E-state index contributed by atoms with van der Waals surface area (Å²) >= 11 is 0. The first-order chi connectivity index (χ1) is 10.3. The van der Waals surface area contributed by atoms with Crippen molar-refractivity contribution in [2.45, 2.75) is 38.9 Å². The van der Waals surface area contributed by atoms with E-state index in [4.69, 9.17) is 0 Å². The fraction of sp³-hybridized carbons (Fsp3) is 0.471. The van der Waals surface area contributed by atoms with Gasteiger partial charge in [0.05, 0.1) is 11.9 Å². The van der Waals surface area contributed by atoms with E-state index in [-0.39, 0.29) is 0 Å². The number of nitrogens with zero attached hydrogens (tertiary/aromatic N) is 3. The number of piperidine rings is 1. The number of aromatic nitrogens is 2. The number of rotatable bonds is 5. The molecule has 0 amide bonds. The van der Waals surface area contributed by atoms with Crippen LogP contribution in [0.25, 0.3) is 0 Å². The normalized spacial score (nSPS) is 19.6. The third-order valence-corrected chi connectivity index (χ3v) is 4.08. The van der Waals surface area contributed by atoms with Gasteiger partial charge in [0.2, 0.25) is 0 Å². The highest BCUT2D eigenvalue weighted by atomic mass is 15.3. The van der Waals surface area contributed by atoms with Crippen molar-refractivity contribution in [3.63, 3.8) is 0 Å². The standard InChI is InChI=1S/C17H24N4/c1-2-21-14-17(11-18-21)19-16-9-6-10-20(13-16)12-15-7-4-3-5-8-15/h3-5,7-8,11,14,16,19H,2,6,9-10,12-13H2,1H3. The third-order valence-electron chi connectivity index (χ3n) is 4.08. The quantitative estimate of drug-likeness (QED) is 0.916. The lowest BCUT2D eigenvalue weighted by Gasteiger charge is -2.33. The van der Waals surface area contributed by atoms with Gasteiger partial charge < -0.3 is 5.32 Å². The summed E-state index contributed by atoms with van der Waals surface area (Å²) in [5.41, 5.74) is 2.54. The molecule has 112 valence electrons. The number of nitrogens with one attached hydrogen (secondary N) is 1. The topological polar surface area (TPSA) is 33.1 Å². The molecule has 2 heterocycles. The highest BCUT2D eigenvalue weighted by molar-refractivity contribution is 5.39. The zero-order chi connectivity index (χ0) is 14.5. The summed E-state index contributed by atoms with van der Waals surface area (Å²) in [5, 5.41) is 7.95. The lowest BCUT2D eigenvalue weighted by atomic mass is 10.0. The number of aryl methyl sites for hydroxylation is 1. The molecule has 0 bridgehead atoms. The average molecular weight is 284 g/mol. The molecule has 1 aromatic heterocycles. The predicted octanol–water partition coefficient (Wildman–Crippen LogP) is 2.98. The smallest absolute Gasteiger partial charge is 0.0729 e. The minimum absolute atomic E-state index is 0.525. The Morgan fingerprint density at radius 2 is 2.14 bits per heavy atom. The summed E-state index contributed by atoms with van der Waals surface area (Å²) in [5.74, 6) is 0. The molecule has 1 aliphatic heterocycles. The Hall–Kier alpha value is -1.81. The molecule has 3 rings (SSSR count). The maximum atomic E-state index is 4.33. The summed E-state index contributed by atoms with van der Waals surface area (Å²) in [6.07, 6.45) is 6.52. The van der Waals surface area contributed by atoms with Gasteiger partial charge in [-0.25, -0.2) is 0 Å². The molecule has 21 heavy (non-hydrogen) atoms. The van der Waals surface area contributed by atoms with E-state index in [0.29, 0.717) is 6.04 Å². The van der Waals surface area contributed by atoms with E-state index < -0.39 is 0 Å². The molecular formula is C17H24N4. The van der Waals surface area contributed by atoms with Crippen molar-refractivity contribution in [2.24, 2.45) is 0 Å². The van der Waals surface area contributed by atoms with E-state index in [9.17, 15) is 0 Å². The summed E-state index contributed by atoms with van der Waals surface area (Å²) in [4.78, 5) is 2.54. The highest BCUT2D eigenvalue weighted by Crippen LogP contribution is 2.17. The first kappa shape index (κ1) is 14.1. The van der Waals surface area contributed by atoms with Crippen LogP contribution in [-0.2, 0) is 13.1 Å². The van der Waals surface area contributed by atoms with E-state index in [1.807, 2.05) is 10.9 Å². The van der Waals surface area contributed by atoms with E-state index >= 15 is 0 Å². The predicted molar refractivity (Wildman–Crippen MR) is 86.3 cm³/mol. The summed E-state index contributed by atoms with van der Waals surface area (Å²) in [6, 6.07) is 11.3. The van der Waals surface area contributed by atoms with Crippen LogP contribution in [0, 0.1) is 0 Å². The van der Waals surface area contributed by atoms with Gasteiger partial charge in [0.15, 0.2) is 0 Å². The monoisotopic (exact) mass is 284 g/mol. The number of hydrogen-bond acceptors (Lipinski definition) is 3. The van der Waals surface area contributed by atoms with Gasteiger partial charge in [0.25, 0.3) is 0 Å². The van der Waals surface area contributed by atoms with Crippen molar-refractivity contribution in [1.82, 2.24) is 14.7 Å². The van der Waals surface area contributed by atoms with Crippen LogP contribution in [0.4, 0.5) is 5.69 Å². The minimum Gasteiger partial charge on any atom is -0.378 e. The lowest BCUT2D eigenvalue weighted by molar-refractivity contribution is 0.208. The van der Waals surface area contributed by atoms with Crippen LogP contribution >= 0.6 is 0 Å². The van der Waals surface area contributed by atoms with Crippen LogP contribution in [-0.4, -0.2) is 33.8 Å². The van der Waals surface area contributed by atoms with Crippen molar-refractivity contribution < 1.29 is 0 Å². The van der Waals surface area contributed by atoms with Crippen molar-refractivity contribution in [3.05, 3.63) is 48.3 Å². The van der Waals surface area contributed by atoms with E-state index in [1.165, 1.54) is 24.9 Å². The van der Waals surface area contributed by atoms with Crippen LogP contribution in [0.3, 0.4) is 0 Å². The highest BCUT2D eigenvalue weighted by Gasteiger charge is 2.20. The van der Waals surface area contributed by atoms with Crippen LogP contribution in [0.5, 0.6) is 0 Å². The third kappa shape index (κ3) is 3.85. The van der Waals surface area contributed by atoms with E-state index in [1.54, 1.807) is 0 Å². The number of hydrogen-bond donors (Lipinski definition) is 1. The molecule has 1 aliphatic rings. The maximum Gasteiger partial charge on any atom is 0.0729 e. The zero-order valence-electron chi connectivity index (χ0n) is 12.7. The Morgan fingerprint density at radius 3 is 2.90 bits per heavy atom. The second-order valence-corrected chi connectivity index (χ2v) is 5.79. The van der Waals surface area contributed by atoms with Gasteiger partial charge in [-0.15, -0.1) is 0 Å². The first-order valence-corrected chi connectivity index (χ1v) is 7.89. The van der Waals surface area contributed by atoms with Crippen LogP contribution < -0.4 is 5.32 Å². The largest absolute Gasteiger partial charge is 0.378 e. The maximum absolute atomic E-state index is 4.33. The minimum atomic E-state index is 0.525. The summed E-state index contributed by atoms with van der Waals surface area (Å²) < 4.78 is 1.97. The Balaban J connectivity index is 1.55. The Morgan fingerprint density at radius 1 is 1.29 bits per heavy atom. The molecule has 1 atom stereocenters. The fourth-order valence-electron chi connectivity index (χ4n) is 3.01. The molecule has 2 aromatic rings. The lowest BCUT2D eigenvalue weighted by Crippen LogP contribution is -2.41. The second kappa shape index (κ2) is 6.76. The summed E-state index contributed by atoms with van der Waals surface area (Å²) in [6.45, 7) is 6.38. The molecule has 1 unspecified atom stereocenters. The SMILES string of the molecule is CCn1cc(NC2CCCN(Cc3ccccc3)C2)cn1. The van der Waals surface area contributed by atoms with Gasteiger partial charge in [-0.3, -0.25) is 9.58 Å². The molecule has 1 N–H and O–H groups in total.